The highest BCUT2D eigenvalue weighted by Crippen LogP contribution is 2.46. The Kier molecular flexibility index (Phi) is 22.4. The molecule has 18 nitrogen and oxygen atoms in total. The highest BCUT2D eigenvalue weighted by molar-refractivity contribution is 6.01. The highest BCUT2D eigenvalue weighted by atomic mass is 16.8. The van der Waals surface area contributed by atoms with Crippen molar-refractivity contribution in [3.8, 4) is 11.1 Å². The second kappa shape index (κ2) is 27.4. The van der Waals surface area contributed by atoms with E-state index in [0.29, 0.717) is 62.1 Å². The number of methoxy groups -OCH3 is 1. The van der Waals surface area contributed by atoms with Crippen molar-refractivity contribution in [3.05, 3.63) is 53.1 Å². The third-order valence-electron chi connectivity index (χ3n) is 9.45. The summed E-state index contributed by atoms with van der Waals surface area (Å²) in [5.74, 6) is -2.39. The van der Waals surface area contributed by atoms with Crippen LogP contribution >= 0.6 is 0 Å². The van der Waals surface area contributed by atoms with E-state index in [1.54, 1.807) is 13.2 Å². The fraction of sp³-hybridized carbons (Fsp3) is 0.558. The largest absolute Gasteiger partial charge is 0.533 e. The summed E-state index contributed by atoms with van der Waals surface area (Å²) >= 11 is 0. The average molecular weight is 856 g/mol. The highest BCUT2D eigenvalue weighted by Gasteiger charge is 2.35. The normalized spacial score (nSPS) is 14.2. The van der Waals surface area contributed by atoms with Gasteiger partial charge in [0.2, 0.25) is 23.6 Å². The van der Waals surface area contributed by atoms with Crippen molar-refractivity contribution in [2.24, 2.45) is 0 Å². The Balaban J connectivity index is 0.000000718. The molecule has 1 aliphatic heterocycles. The predicted molar refractivity (Wildman–Crippen MR) is 223 cm³/mol. The molecule has 1 heterocycles. The Bertz CT molecular complexity index is 1770. The molecule has 2 unspecified atom stereocenters. The number of carbonyl (C=O) groups is 7. The number of anilines is 1. The number of benzene rings is 2. The summed E-state index contributed by atoms with van der Waals surface area (Å²) < 4.78 is 20.9. The first-order chi connectivity index (χ1) is 29.4. The van der Waals surface area contributed by atoms with E-state index in [-0.39, 0.29) is 75.2 Å². The van der Waals surface area contributed by atoms with Crippen molar-refractivity contribution < 1.29 is 62.5 Å². The maximum Gasteiger partial charge on any atom is 0.533 e. The second-order valence-corrected chi connectivity index (χ2v) is 14.4. The Morgan fingerprint density at radius 2 is 1.51 bits per heavy atom. The van der Waals surface area contributed by atoms with Gasteiger partial charge in [-0.2, -0.15) is 0 Å². The lowest BCUT2D eigenvalue weighted by atomic mass is 9.95. The number of unbranched alkanes of at least 4 members (excludes halogenated alkanes) is 1. The van der Waals surface area contributed by atoms with Gasteiger partial charge in [-0.1, -0.05) is 42.7 Å². The topological polar surface area (TPSA) is 237 Å². The van der Waals surface area contributed by atoms with E-state index in [1.807, 2.05) is 44.2 Å². The summed E-state index contributed by atoms with van der Waals surface area (Å²) in [6.45, 7) is 8.54. The number of amides is 6. The zero-order valence-corrected chi connectivity index (χ0v) is 35.6. The first-order valence-corrected chi connectivity index (χ1v) is 20.7. The van der Waals surface area contributed by atoms with Crippen LogP contribution in [0.25, 0.3) is 11.1 Å². The van der Waals surface area contributed by atoms with Crippen molar-refractivity contribution in [3.63, 3.8) is 0 Å². The molecule has 5 N–H and O–H groups in total. The van der Waals surface area contributed by atoms with Crippen LogP contribution in [0.15, 0.2) is 36.4 Å². The monoisotopic (exact) mass is 855 g/mol. The Morgan fingerprint density at radius 1 is 0.820 bits per heavy atom. The first-order valence-electron chi connectivity index (χ1n) is 20.7. The van der Waals surface area contributed by atoms with Gasteiger partial charge in [-0.25, -0.2) is 4.79 Å². The van der Waals surface area contributed by atoms with Crippen molar-refractivity contribution >= 4 is 47.3 Å². The van der Waals surface area contributed by atoms with Gasteiger partial charge in [-0.15, -0.1) is 0 Å². The lowest BCUT2D eigenvalue weighted by Gasteiger charge is -2.17. The van der Waals surface area contributed by atoms with E-state index >= 15 is 0 Å². The maximum atomic E-state index is 12.8. The van der Waals surface area contributed by atoms with E-state index < -0.39 is 23.9 Å². The molecule has 0 spiro atoms. The number of nitrogens with zero attached hydrogens (tertiary/aromatic N) is 1. The van der Waals surface area contributed by atoms with Gasteiger partial charge in [0, 0.05) is 90.8 Å². The van der Waals surface area contributed by atoms with Crippen LogP contribution in [0.4, 0.5) is 10.5 Å². The molecule has 0 bridgehead atoms. The molecule has 2 aromatic carbocycles. The summed E-state index contributed by atoms with van der Waals surface area (Å²) in [7, 11) is 1.66. The van der Waals surface area contributed by atoms with Gasteiger partial charge in [0.15, 0.2) is 0 Å². The van der Waals surface area contributed by atoms with Gasteiger partial charge in [0.25, 0.3) is 11.8 Å². The van der Waals surface area contributed by atoms with E-state index in [9.17, 15) is 33.6 Å². The van der Waals surface area contributed by atoms with E-state index in [2.05, 4.69) is 21.3 Å². The van der Waals surface area contributed by atoms with Gasteiger partial charge in [0.05, 0.1) is 25.7 Å². The number of nitrogens with one attached hydrogen (secondary N) is 4. The van der Waals surface area contributed by atoms with E-state index in [0.717, 1.165) is 48.1 Å². The van der Waals surface area contributed by atoms with Crippen LogP contribution in [0.3, 0.4) is 0 Å². The number of carbonyl (C=O) groups excluding carboxylic acids is 7. The van der Waals surface area contributed by atoms with Crippen LogP contribution in [-0.2, 0) is 59.0 Å². The van der Waals surface area contributed by atoms with Crippen LogP contribution in [0.2, 0.25) is 0 Å². The summed E-state index contributed by atoms with van der Waals surface area (Å²) in [5, 5.41) is 20.4. The molecular formula is C43H61N5O13. The summed E-state index contributed by atoms with van der Waals surface area (Å²) in [4.78, 5) is 88.9. The van der Waals surface area contributed by atoms with Gasteiger partial charge < -0.3 is 45.3 Å². The number of aliphatic hydroxyl groups is 1. The number of rotatable bonds is 25. The Hall–Kier alpha value is -5.43. The summed E-state index contributed by atoms with van der Waals surface area (Å²) in [6, 6.07) is 11.1. The zero-order chi connectivity index (χ0) is 44.6. The molecule has 2 aromatic rings. The first kappa shape index (κ1) is 49.9. The zero-order valence-electron chi connectivity index (χ0n) is 35.6. The summed E-state index contributed by atoms with van der Waals surface area (Å²) in [5.41, 5.74) is 4.57. The van der Waals surface area contributed by atoms with Crippen LogP contribution in [0.5, 0.6) is 0 Å². The molecule has 336 valence electrons. The molecule has 1 aliphatic carbocycles. The molecular weight excluding hydrogens is 794 g/mol. The molecule has 18 heteroatoms. The number of ether oxygens (including phenoxy) is 4. The molecule has 1 saturated heterocycles. The Labute approximate surface area is 356 Å². The number of hydrogen-bond acceptors (Lipinski definition) is 13. The van der Waals surface area contributed by atoms with Crippen molar-refractivity contribution in [1.29, 1.82) is 0 Å². The molecule has 1 fully saturated rings. The molecule has 2 atom stereocenters. The van der Waals surface area contributed by atoms with Gasteiger partial charge in [-0.3, -0.25) is 33.6 Å². The average Bonchev–Trinajstić information content (AvgIpc) is 3.70. The van der Waals surface area contributed by atoms with Crippen LogP contribution in [-0.4, -0.2) is 124 Å². The number of fused-ring (bicyclic) bond motifs is 3. The number of hydrogen-bond donors (Lipinski definition) is 5. The molecule has 61 heavy (non-hydrogen) atoms. The lowest BCUT2D eigenvalue weighted by molar-refractivity contribution is -0.177. The predicted octanol–water partition coefficient (Wildman–Crippen LogP) is 3.27. The molecule has 0 radical (unpaired) electrons. The minimum Gasteiger partial charge on any atom is -0.432 e. The second-order valence-electron chi connectivity index (χ2n) is 14.4. The summed E-state index contributed by atoms with van der Waals surface area (Å²) in [6.07, 6.45) is 2.18. The lowest BCUT2D eigenvalue weighted by Crippen LogP contribution is -2.33. The van der Waals surface area contributed by atoms with E-state index in [4.69, 9.17) is 28.9 Å². The number of imide groups is 1. The third kappa shape index (κ3) is 18.0. The minimum atomic E-state index is -1.20. The standard InChI is InChI=1S/C35H44N4O10.C8H17NO3/c1-3-4-5-31(42)38-24-7-9-26-25-8-6-23(19-32(43)36-14-12-30(41)37-15-17-47-22(2)13-16-40)18-27(25)29(28(26)20-24)21-48-35(46)49-39-33(44)10-11-34(39)45;1-8(10)9-4-7-12-6-3-5-11-2/h6-9,18,20,22,29,40H,3-5,10-17,19,21H2,1-2H3,(H,36,43)(H,37,41)(H,38,42);3-7H2,1-2H3,(H,9,10). The van der Waals surface area contributed by atoms with Crippen LogP contribution < -0.4 is 21.3 Å². The fourth-order valence-corrected chi connectivity index (χ4v) is 6.32. The van der Waals surface area contributed by atoms with Crippen molar-refractivity contribution in [1.82, 2.24) is 21.0 Å². The molecule has 0 saturated carbocycles. The molecule has 0 aromatic heterocycles. The fourth-order valence-electron chi connectivity index (χ4n) is 6.32. The quantitative estimate of drug-likeness (QED) is 0.0549. The van der Waals surface area contributed by atoms with Crippen LogP contribution in [0.1, 0.15) is 94.7 Å². The van der Waals surface area contributed by atoms with Crippen molar-refractivity contribution in [2.75, 3.05) is 71.7 Å². The molecule has 4 rings (SSSR count). The minimum absolute atomic E-state index is 0.0181. The Morgan fingerprint density at radius 3 is 2.20 bits per heavy atom. The third-order valence-corrected chi connectivity index (χ3v) is 9.45. The smallest absolute Gasteiger partial charge is 0.432 e. The van der Waals surface area contributed by atoms with E-state index in [1.165, 1.54) is 6.92 Å². The van der Waals surface area contributed by atoms with Gasteiger partial charge in [-0.05, 0) is 66.1 Å². The molecule has 6 amide bonds. The van der Waals surface area contributed by atoms with Gasteiger partial charge in [0.1, 0.15) is 6.61 Å². The molecule has 2 aliphatic rings. The van der Waals surface area contributed by atoms with Gasteiger partial charge >= 0.3 is 6.16 Å². The number of aliphatic hydroxyl groups excluding tert-OH is 1. The maximum absolute atomic E-state index is 12.8. The SMILES string of the molecule is CCCCC(=O)Nc1ccc2c(c1)C(COC(=O)ON1C(=O)CCC1=O)c1cc(CC(=O)NCCC(=O)NCCOC(C)CCO)ccc1-2.COCCCOCCNC(C)=O. The van der Waals surface area contributed by atoms with Crippen LogP contribution in [0, 0.1) is 0 Å². The number of hydroxylamine groups is 2. The van der Waals surface area contributed by atoms with Crippen molar-refractivity contribution in [2.45, 2.75) is 90.6 Å².